The van der Waals surface area contributed by atoms with Gasteiger partial charge in [-0.05, 0) is 28.1 Å². The predicted molar refractivity (Wildman–Crippen MR) is 70.2 cm³/mol. The van der Waals surface area contributed by atoms with Crippen LogP contribution in [0.4, 0.5) is 10.2 Å². The van der Waals surface area contributed by atoms with E-state index in [1.807, 2.05) is 0 Å². The fourth-order valence-corrected chi connectivity index (χ4v) is 2.43. The van der Waals surface area contributed by atoms with Crippen molar-refractivity contribution >= 4 is 32.7 Å². The van der Waals surface area contributed by atoms with Crippen LogP contribution in [-0.2, 0) is 4.74 Å². The molecule has 1 fully saturated rings. The molecule has 1 aliphatic heterocycles. The minimum absolute atomic E-state index is 0.291. The van der Waals surface area contributed by atoms with E-state index in [1.54, 1.807) is 6.07 Å². The molecule has 0 unspecified atom stereocenters. The van der Waals surface area contributed by atoms with E-state index in [4.69, 9.17) is 4.74 Å². The summed E-state index contributed by atoms with van der Waals surface area (Å²) in [6.45, 7) is 2.94. The topological polar surface area (TPSA) is 38.2 Å². The van der Waals surface area contributed by atoms with E-state index in [-0.39, 0.29) is 5.82 Å². The number of hydrogen-bond donors (Lipinski definition) is 0. The number of rotatable bonds is 1. The van der Waals surface area contributed by atoms with Gasteiger partial charge < -0.3 is 9.64 Å². The van der Waals surface area contributed by atoms with Crippen LogP contribution in [0.1, 0.15) is 0 Å². The number of halogens is 2. The van der Waals surface area contributed by atoms with Crippen LogP contribution in [0.25, 0.3) is 10.9 Å². The fraction of sp³-hybridized carbons (Fsp3) is 0.333. The third-order valence-corrected chi connectivity index (χ3v) is 3.28. The zero-order chi connectivity index (χ0) is 12.5. The molecule has 0 atom stereocenters. The monoisotopic (exact) mass is 311 g/mol. The molecule has 1 aromatic heterocycles. The molecule has 18 heavy (non-hydrogen) atoms. The van der Waals surface area contributed by atoms with Crippen LogP contribution in [0, 0.1) is 5.82 Å². The summed E-state index contributed by atoms with van der Waals surface area (Å²) < 4.78 is 19.0. The number of hydrogen-bond acceptors (Lipinski definition) is 4. The highest BCUT2D eigenvalue weighted by Gasteiger charge is 2.17. The molecule has 4 nitrogen and oxygen atoms in total. The summed E-state index contributed by atoms with van der Waals surface area (Å²) in [5, 5.41) is 0.863. The van der Waals surface area contributed by atoms with Crippen molar-refractivity contribution in [3.8, 4) is 0 Å². The third-order valence-electron chi connectivity index (χ3n) is 2.92. The van der Waals surface area contributed by atoms with Crippen LogP contribution in [0.15, 0.2) is 22.9 Å². The van der Waals surface area contributed by atoms with Gasteiger partial charge in [0.25, 0.3) is 0 Å². The molecular formula is C12H11BrFN3O. The molecule has 3 rings (SSSR count). The second-order valence-corrected chi connectivity index (χ2v) is 4.79. The molecule has 6 heteroatoms. The largest absolute Gasteiger partial charge is 0.378 e. The first-order valence-corrected chi connectivity index (χ1v) is 6.49. The normalized spacial score (nSPS) is 16.2. The molecule has 0 aliphatic carbocycles. The zero-order valence-corrected chi connectivity index (χ0v) is 11.2. The van der Waals surface area contributed by atoms with Gasteiger partial charge in [0.05, 0.1) is 18.7 Å². The predicted octanol–water partition coefficient (Wildman–Crippen LogP) is 2.37. The first-order chi connectivity index (χ1) is 8.74. The van der Waals surface area contributed by atoms with Gasteiger partial charge in [0.15, 0.2) is 4.73 Å². The summed E-state index contributed by atoms with van der Waals surface area (Å²) >= 11 is 3.27. The van der Waals surface area contributed by atoms with E-state index in [0.29, 0.717) is 23.5 Å². The van der Waals surface area contributed by atoms with E-state index >= 15 is 0 Å². The van der Waals surface area contributed by atoms with Crippen molar-refractivity contribution in [3.05, 3.63) is 28.7 Å². The molecule has 0 bridgehead atoms. The third kappa shape index (κ3) is 2.18. The summed E-state index contributed by atoms with van der Waals surface area (Å²) in [4.78, 5) is 10.7. The Bertz CT molecular complexity index is 582. The number of ether oxygens (including phenoxy) is 1. The molecule has 2 heterocycles. The minimum atomic E-state index is -0.291. The molecule has 94 valence electrons. The molecule has 1 aromatic carbocycles. The zero-order valence-electron chi connectivity index (χ0n) is 9.57. The van der Waals surface area contributed by atoms with Crippen LogP contribution < -0.4 is 4.90 Å². The van der Waals surface area contributed by atoms with Gasteiger partial charge in [0.1, 0.15) is 11.6 Å². The van der Waals surface area contributed by atoms with Crippen molar-refractivity contribution in [2.45, 2.75) is 0 Å². The second kappa shape index (κ2) is 4.78. The lowest BCUT2D eigenvalue weighted by Crippen LogP contribution is -2.37. The van der Waals surface area contributed by atoms with E-state index < -0.39 is 0 Å². The number of fused-ring (bicyclic) bond motifs is 1. The van der Waals surface area contributed by atoms with Gasteiger partial charge in [0.2, 0.25) is 0 Å². The van der Waals surface area contributed by atoms with Crippen molar-refractivity contribution in [1.82, 2.24) is 9.97 Å². The Kier molecular flexibility index (Phi) is 3.13. The molecule has 1 aliphatic rings. The molecule has 1 saturated heterocycles. The molecule has 2 aromatic rings. The van der Waals surface area contributed by atoms with Gasteiger partial charge in [-0.15, -0.1) is 0 Å². The lowest BCUT2D eigenvalue weighted by atomic mass is 10.2. The maximum absolute atomic E-state index is 13.2. The molecule has 0 radical (unpaired) electrons. The highest BCUT2D eigenvalue weighted by molar-refractivity contribution is 9.10. The van der Waals surface area contributed by atoms with Gasteiger partial charge in [0, 0.05) is 24.5 Å². The lowest BCUT2D eigenvalue weighted by Gasteiger charge is -2.28. The van der Waals surface area contributed by atoms with Gasteiger partial charge in [-0.2, -0.15) is 0 Å². The number of aromatic nitrogens is 2. The molecule has 0 N–H and O–H groups in total. The fourth-order valence-electron chi connectivity index (χ4n) is 2.07. The maximum Gasteiger partial charge on any atom is 0.199 e. The van der Waals surface area contributed by atoms with Gasteiger partial charge >= 0.3 is 0 Å². The summed E-state index contributed by atoms with van der Waals surface area (Å²) in [7, 11) is 0. The summed E-state index contributed by atoms with van der Waals surface area (Å²) in [6, 6.07) is 4.58. The standard InChI is InChI=1S/C12H11BrFN3O/c13-12-15-10-7-8(14)1-2-9(10)11(16-12)17-3-5-18-6-4-17/h1-2,7H,3-6H2. The highest BCUT2D eigenvalue weighted by Crippen LogP contribution is 2.26. The van der Waals surface area contributed by atoms with Crippen LogP contribution >= 0.6 is 15.9 Å². The first kappa shape index (κ1) is 11.8. The summed E-state index contributed by atoms with van der Waals surface area (Å²) in [5.74, 6) is 0.538. The second-order valence-electron chi connectivity index (χ2n) is 4.08. The van der Waals surface area contributed by atoms with Crippen molar-refractivity contribution in [2.75, 3.05) is 31.2 Å². The van der Waals surface area contributed by atoms with Crippen molar-refractivity contribution in [2.24, 2.45) is 0 Å². The smallest absolute Gasteiger partial charge is 0.199 e. The quantitative estimate of drug-likeness (QED) is 0.758. The summed E-state index contributed by atoms with van der Waals surface area (Å²) in [6.07, 6.45) is 0. The Hall–Kier alpha value is -1.27. The van der Waals surface area contributed by atoms with E-state index in [1.165, 1.54) is 12.1 Å². The highest BCUT2D eigenvalue weighted by atomic mass is 79.9. The molecule has 0 amide bonds. The minimum Gasteiger partial charge on any atom is -0.378 e. The number of benzene rings is 1. The van der Waals surface area contributed by atoms with Crippen molar-refractivity contribution in [1.29, 1.82) is 0 Å². The Morgan fingerprint density at radius 2 is 2.00 bits per heavy atom. The first-order valence-electron chi connectivity index (χ1n) is 5.69. The number of anilines is 1. The van der Waals surface area contributed by atoms with Crippen molar-refractivity contribution < 1.29 is 9.13 Å². The Balaban J connectivity index is 2.14. The molecule has 0 saturated carbocycles. The average molecular weight is 312 g/mol. The Morgan fingerprint density at radius 3 is 2.78 bits per heavy atom. The Labute approximate surface area is 112 Å². The van der Waals surface area contributed by atoms with Crippen LogP contribution in [0.5, 0.6) is 0 Å². The number of morpholine rings is 1. The number of nitrogens with zero attached hydrogens (tertiary/aromatic N) is 3. The average Bonchev–Trinajstić information content (AvgIpc) is 2.38. The SMILES string of the molecule is Fc1ccc2c(N3CCOCC3)nc(Br)nc2c1. The van der Waals surface area contributed by atoms with Gasteiger partial charge in [-0.3, -0.25) is 0 Å². The van der Waals surface area contributed by atoms with E-state index in [9.17, 15) is 4.39 Å². The lowest BCUT2D eigenvalue weighted by molar-refractivity contribution is 0.122. The van der Waals surface area contributed by atoms with Gasteiger partial charge in [-0.1, -0.05) is 0 Å². The maximum atomic E-state index is 13.2. The molecular weight excluding hydrogens is 301 g/mol. The van der Waals surface area contributed by atoms with Crippen LogP contribution in [0.3, 0.4) is 0 Å². The van der Waals surface area contributed by atoms with Gasteiger partial charge in [-0.25, -0.2) is 14.4 Å². The van der Waals surface area contributed by atoms with E-state index in [0.717, 1.165) is 24.3 Å². The Morgan fingerprint density at radius 1 is 1.22 bits per heavy atom. The van der Waals surface area contributed by atoms with Crippen LogP contribution in [-0.4, -0.2) is 36.3 Å². The summed E-state index contributed by atoms with van der Waals surface area (Å²) in [5.41, 5.74) is 0.610. The van der Waals surface area contributed by atoms with Crippen LogP contribution in [0.2, 0.25) is 0 Å². The van der Waals surface area contributed by atoms with Crippen molar-refractivity contribution in [3.63, 3.8) is 0 Å². The molecule has 0 spiro atoms. The van der Waals surface area contributed by atoms with E-state index in [2.05, 4.69) is 30.8 Å².